The van der Waals surface area contributed by atoms with Gasteiger partial charge in [-0.15, -0.1) is 0 Å². The number of hydrogen-bond donors (Lipinski definition) is 3. The van der Waals surface area contributed by atoms with Crippen LogP contribution in [0.15, 0.2) is 46.3 Å². The zero-order valence-electron chi connectivity index (χ0n) is 11.9. The molecule has 0 spiro atoms. The van der Waals surface area contributed by atoms with Gasteiger partial charge < -0.3 is 14.8 Å². The average molecular weight is 312 g/mol. The van der Waals surface area contributed by atoms with Crippen molar-refractivity contribution in [1.82, 2.24) is 5.32 Å². The first-order valence-corrected chi connectivity index (χ1v) is 6.70. The van der Waals surface area contributed by atoms with Gasteiger partial charge in [-0.05, 0) is 12.1 Å². The van der Waals surface area contributed by atoms with Crippen molar-refractivity contribution in [1.29, 1.82) is 0 Å². The predicted molar refractivity (Wildman–Crippen MR) is 81.9 cm³/mol. The fourth-order valence-corrected chi connectivity index (χ4v) is 2.29. The van der Waals surface area contributed by atoms with Crippen molar-refractivity contribution in [2.45, 2.75) is 6.54 Å². The minimum atomic E-state index is -0.554. The van der Waals surface area contributed by atoms with Gasteiger partial charge in [0.05, 0.1) is 6.54 Å². The summed E-state index contributed by atoms with van der Waals surface area (Å²) in [5, 5.41) is 14.4. The first-order chi connectivity index (χ1) is 11.0. The summed E-state index contributed by atoms with van der Waals surface area (Å²) >= 11 is 0. The van der Waals surface area contributed by atoms with E-state index in [1.54, 1.807) is 18.2 Å². The second-order valence-corrected chi connectivity index (χ2v) is 4.94. The van der Waals surface area contributed by atoms with Crippen LogP contribution in [-0.4, -0.2) is 16.9 Å². The van der Waals surface area contributed by atoms with Crippen LogP contribution in [0.2, 0.25) is 0 Å². The molecule has 0 aliphatic carbocycles. The molecular weight excluding hydrogens is 300 g/mol. The Kier molecular flexibility index (Phi) is 3.46. The van der Waals surface area contributed by atoms with Gasteiger partial charge in [0.1, 0.15) is 12.0 Å². The summed E-state index contributed by atoms with van der Waals surface area (Å²) in [4.78, 5) is 35.0. The maximum absolute atomic E-state index is 11.9. The number of anilines is 1. The van der Waals surface area contributed by atoms with Gasteiger partial charge in [0.2, 0.25) is 5.43 Å². The molecule has 0 saturated heterocycles. The lowest BCUT2D eigenvalue weighted by Gasteiger charge is -2.21. The highest BCUT2D eigenvalue weighted by atomic mass is 16.4. The van der Waals surface area contributed by atoms with E-state index in [0.717, 1.165) is 12.3 Å². The first kappa shape index (κ1) is 14.6. The third kappa shape index (κ3) is 2.59. The molecule has 0 fully saturated rings. The molecule has 3 N–H and O–H groups in total. The van der Waals surface area contributed by atoms with E-state index in [2.05, 4.69) is 17.2 Å². The predicted octanol–water partition coefficient (Wildman–Crippen LogP) is 1.24. The lowest BCUT2D eigenvalue weighted by molar-refractivity contribution is -0.114. The maximum atomic E-state index is 11.9. The van der Waals surface area contributed by atoms with Crippen LogP contribution >= 0.6 is 0 Å². The quantitative estimate of drug-likeness (QED) is 0.581. The second kappa shape index (κ2) is 5.45. The molecule has 116 valence electrons. The normalized spacial score (nSPS) is 13.5. The number of carbonyl (C=O) groups excluding carboxylic acids is 2. The molecule has 1 aliphatic heterocycles. The molecule has 23 heavy (non-hydrogen) atoms. The lowest BCUT2D eigenvalue weighted by Crippen LogP contribution is -2.36. The molecular formula is C16H12N2O5. The van der Waals surface area contributed by atoms with Crippen LogP contribution in [-0.2, 0) is 11.3 Å². The molecule has 0 bridgehead atoms. The van der Waals surface area contributed by atoms with Gasteiger partial charge in [0.25, 0.3) is 11.8 Å². The van der Waals surface area contributed by atoms with E-state index in [4.69, 9.17) is 9.52 Å². The summed E-state index contributed by atoms with van der Waals surface area (Å²) in [5.41, 5.74) is 0.900. The van der Waals surface area contributed by atoms with Crippen molar-refractivity contribution in [3.8, 4) is 5.75 Å². The number of fused-ring (bicyclic) bond motifs is 1. The highest BCUT2D eigenvalue weighted by Crippen LogP contribution is 2.30. The van der Waals surface area contributed by atoms with E-state index in [0.29, 0.717) is 22.6 Å². The average Bonchev–Trinajstić information content (AvgIpc) is 2.53. The lowest BCUT2D eigenvalue weighted by atomic mass is 9.94. The van der Waals surface area contributed by atoms with Crippen molar-refractivity contribution in [3.05, 3.63) is 64.2 Å². The van der Waals surface area contributed by atoms with Crippen molar-refractivity contribution in [2.75, 3.05) is 5.32 Å². The van der Waals surface area contributed by atoms with Gasteiger partial charge in [-0.2, -0.15) is 0 Å². The van der Waals surface area contributed by atoms with Crippen molar-refractivity contribution < 1.29 is 19.1 Å². The molecule has 0 saturated carbocycles. The second-order valence-electron chi connectivity index (χ2n) is 4.94. The molecule has 0 atom stereocenters. The number of imide groups is 1. The Labute approximate surface area is 130 Å². The van der Waals surface area contributed by atoms with Crippen molar-refractivity contribution >= 4 is 23.1 Å². The van der Waals surface area contributed by atoms with E-state index in [-0.39, 0.29) is 12.1 Å². The number of hydrogen-bond acceptors (Lipinski definition) is 6. The molecule has 1 aromatic heterocycles. The van der Waals surface area contributed by atoms with E-state index < -0.39 is 23.0 Å². The molecule has 3 rings (SSSR count). The van der Waals surface area contributed by atoms with Crippen LogP contribution < -0.4 is 16.1 Å². The molecule has 2 aromatic rings. The molecule has 2 heterocycles. The number of carbonyl (C=O) groups is 2. The summed E-state index contributed by atoms with van der Waals surface area (Å²) in [6, 6.07) is 6.10. The van der Waals surface area contributed by atoms with Crippen LogP contribution in [0.1, 0.15) is 21.7 Å². The van der Waals surface area contributed by atoms with Gasteiger partial charge in [-0.3, -0.25) is 19.7 Å². The van der Waals surface area contributed by atoms with E-state index in [9.17, 15) is 14.4 Å². The Bertz CT molecular complexity index is 898. The van der Waals surface area contributed by atoms with Crippen LogP contribution in [0.3, 0.4) is 0 Å². The Morgan fingerprint density at radius 1 is 1.22 bits per heavy atom. The summed E-state index contributed by atoms with van der Waals surface area (Å²) in [6.45, 7) is 3.84. The molecule has 2 amide bonds. The topological polar surface area (TPSA) is 109 Å². The minimum absolute atomic E-state index is 0.134. The monoisotopic (exact) mass is 312 g/mol. The zero-order valence-corrected chi connectivity index (χ0v) is 11.9. The van der Waals surface area contributed by atoms with Gasteiger partial charge in [-0.25, -0.2) is 0 Å². The van der Waals surface area contributed by atoms with Gasteiger partial charge in [-0.1, -0.05) is 12.6 Å². The smallest absolute Gasteiger partial charge is 0.258 e. The fraction of sp³-hybridized carbons (Fsp3) is 0.0625. The Morgan fingerprint density at radius 2 is 2.00 bits per heavy atom. The first-order valence-electron chi connectivity index (χ1n) is 6.70. The summed E-state index contributed by atoms with van der Waals surface area (Å²) in [7, 11) is 0. The minimum Gasteiger partial charge on any atom is -0.502 e. The number of nitrogens with one attached hydrogen (secondary N) is 2. The van der Waals surface area contributed by atoms with Gasteiger partial charge >= 0.3 is 0 Å². The molecule has 7 heteroatoms. The Hall–Kier alpha value is -3.35. The highest BCUT2D eigenvalue weighted by molar-refractivity contribution is 6.31. The third-order valence-electron chi connectivity index (χ3n) is 3.43. The number of benzene rings is 1. The summed E-state index contributed by atoms with van der Waals surface area (Å²) in [6.07, 6.45) is 0.954. The van der Waals surface area contributed by atoms with E-state index >= 15 is 0 Å². The van der Waals surface area contributed by atoms with Gasteiger partial charge in [0, 0.05) is 28.5 Å². The van der Waals surface area contributed by atoms with Crippen LogP contribution in [0.4, 0.5) is 5.69 Å². The molecule has 0 unspecified atom stereocenters. The fourth-order valence-electron chi connectivity index (χ4n) is 2.29. The number of aromatic hydroxyl groups is 1. The summed E-state index contributed by atoms with van der Waals surface area (Å²) < 4.78 is 5.09. The molecule has 7 nitrogen and oxygen atoms in total. The molecule has 1 aliphatic rings. The van der Waals surface area contributed by atoms with Gasteiger partial charge in [0.15, 0.2) is 5.75 Å². The van der Waals surface area contributed by atoms with Crippen LogP contribution in [0.25, 0.3) is 5.57 Å². The van der Waals surface area contributed by atoms with E-state index in [1.807, 2.05) is 0 Å². The van der Waals surface area contributed by atoms with Crippen molar-refractivity contribution in [2.24, 2.45) is 0 Å². The highest BCUT2D eigenvalue weighted by Gasteiger charge is 2.27. The summed E-state index contributed by atoms with van der Waals surface area (Å²) in [5.74, 6) is -1.21. The Morgan fingerprint density at radius 3 is 2.74 bits per heavy atom. The standard InChI is InChI=1S/C16H12N2O5/c1-8-14-10(16(22)18-15(8)21)3-2-4-11(14)17-6-9-5-12(19)13(20)7-23-9/h2-5,7,17,20H,1,6H2,(H,18,21,22). The number of amides is 2. The van der Waals surface area contributed by atoms with Crippen molar-refractivity contribution in [3.63, 3.8) is 0 Å². The zero-order chi connectivity index (χ0) is 16.6. The SMILES string of the molecule is C=C1C(=O)NC(=O)c2cccc(NCc3cc(=O)c(O)co3)c21. The molecule has 0 radical (unpaired) electrons. The third-order valence-corrected chi connectivity index (χ3v) is 3.43. The number of rotatable bonds is 3. The Balaban J connectivity index is 1.92. The maximum Gasteiger partial charge on any atom is 0.258 e. The largest absolute Gasteiger partial charge is 0.502 e. The van der Waals surface area contributed by atoms with E-state index in [1.165, 1.54) is 0 Å². The van der Waals surface area contributed by atoms with Crippen LogP contribution in [0, 0.1) is 0 Å². The van der Waals surface area contributed by atoms with Crippen LogP contribution in [0.5, 0.6) is 5.75 Å². The molecule has 1 aromatic carbocycles.